The van der Waals surface area contributed by atoms with Crippen molar-refractivity contribution >= 4 is 11.9 Å². The van der Waals surface area contributed by atoms with Crippen molar-refractivity contribution < 1.29 is 28.5 Å². The average Bonchev–Trinajstić information content (AvgIpc) is 2.66. The highest BCUT2D eigenvalue weighted by atomic mass is 16.6. The summed E-state index contributed by atoms with van der Waals surface area (Å²) in [6.45, 7) is 3.97. The molecule has 2 aliphatic rings. The van der Waals surface area contributed by atoms with E-state index in [1.165, 1.54) is 12.8 Å². The maximum absolute atomic E-state index is 12.6. The van der Waals surface area contributed by atoms with E-state index in [-0.39, 0.29) is 25.4 Å². The van der Waals surface area contributed by atoms with Gasteiger partial charge in [-0.05, 0) is 39.5 Å². The number of rotatable bonds is 9. The number of carbonyl (C=O) groups is 2. The zero-order valence-electron chi connectivity index (χ0n) is 16.2. The molecule has 0 radical (unpaired) electrons. The Labute approximate surface area is 156 Å². The number of carbonyl (C=O) groups excluding carboxylic acids is 2. The monoisotopic (exact) mass is 370 g/mol. The fourth-order valence-corrected chi connectivity index (χ4v) is 3.77. The predicted molar refractivity (Wildman–Crippen MR) is 96.8 cm³/mol. The second kappa shape index (κ2) is 11.5. The molecule has 0 aromatic heterocycles. The topological polar surface area (TPSA) is 71.1 Å². The van der Waals surface area contributed by atoms with Crippen molar-refractivity contribution in [1.82, 2.24) is 0 Å². The predicted octanol–water partition coefficient (Wildman–Crippen LogP) is 3.55. The second-order valence-electron chi connectivity index (χ2n) is 7.14. The van der Waals surface area contributed by atoms with Crippen LogP contribution in [0.5, 0.6) is 0 Å². The zero-order valence-corrected chi connectivity index (χ0v) is 16.2. The number of hydrogen-bond acceptors (Lipinski definition) is 6. The van der Waals surface area contributed by atoms with E-state index < -0.39 is 24.1 Å². The maximum Gasteiger partial charge on any atom is 0.338 e. The molecule has 0 saturated heterocycles. The Morgan fingerprint density at radius 2 is 1.04 bits per heavy atom. The molecule has 2 unspecified atom stereocenters. The lowest BCUT2D eigenvalue weighted by Gasteiger charge is -2.33. The van der Waals surface area contributed by atoms with E-state index >= 15 is 0 Å². The van der Waals surface area contributed by atoms with Crippen molar-refractivity contribution in [3.8, 4) is 0 Å². The van der Waals surface area contributed by atoms with Gasteiger partial charge in [0, 0.05) is 0 Å². The summed E-state index contributed by atoms with van der Waals surface area (Å²) in [5.41, 5.74) is 0. The summed E-state index contributed by atoms with van der Waals surface area (Å²) >= 11 is 0. The first kappa shape index (κ1) is 21.2. The van der Waals surface area contributed by atoms with Crippen LogP contribution in [0.4, 0.5) is 0 Å². The number of esters is 2. The van der Waals surface area contributed by atoms with E-state index in [9.17, 15) is 9.59 Å². The Balaban J connectivity index is 2.13. The Morgan fingerprint density at radius 3 is 1.35 bits per heavy atom. The largest absolute Gasteiger partial charge is 0.464 e. The van der Waals surface area contributed by atoms with E-state index in [1.54, 1.807) is 13.8 Å². The van der Waals surface area contributed by atoms with Crippen LogP contribution >= 0.6 is 0 Å². The van der Waals surface area contributed by atoms with Gasteiger partial charge in [-0.3, -0.25) is 0 Å². The molecule has 0 spiro atoms. The highest BCUT2D eigenvalue weighted by Gasteiger charge is 2.41. The third kappa shape index (κ3) is 6.54. The molecule has 26 heavy (non-hydrogen) atoms. The van der Waals surface area contributed by atoms with Crippen LogP contribution in [0.15, 0.2) is 0 Å². The van der Waals surface area contributed by atoms with E-state index in [0.717, 1.165) is 51.4 Å². The van der Waals surface area contributed by atoms with E-state index in [1.807, 2.05) is 0 Å². The van der Waals surface area contributed by atoms with Crippen LogP contribution in [0, 0.1) is 0 Å². The van der Waals surface area contributed by atoms with Crippen molar-refractivity contribution in [2.24, 2.45) is 0 Å². The van der Waals surface area contributed by atoms with Gasteiger partial charge in [0.2, 0.25) is 0 Å². The summed E-state index contributed by atoms with van der Waals surface area (Å²) in [5, 5.41) is 0. The van der Waals surface area contributed by atoms with Gasteiger partial charge in [0.15, 0.2) is 12.2 Å². The lowest BCUT2D eigenvalue weighted by Crippen LogP contribution is -2.49. The van der Waals surface area contributed by atoms with Crippen molar-refractivity contribution in [1.29, 1.82) is 0 Å². The first-order valence-corrected chi connectivity index (χ1v) is 10.3. The minimum atomic E-state index is -1.06. The highest BCUT2D eigenvalue weighted by Crippen LogP contribution is 2.27. The third-order valence-corrected chi connectivity index (χ3v) is 5.10. The summed E-state index contributed by atoms with van der Waals surface area (Å²) in [5.74, 6) is -1.07. The second-order valence-corrected chi connectivity index (χ2v) is 7.14. The molecule has 0 bridgehead atoms. The standard InChI is InChI=1S/C20H34O6/c1-3-23-19(21)17(25-15-11-7-5-8-12-15)18(20(22)24-4-2)26-16-13-9-6-10-14-16/h15-18H,3-14H2,1-2H3. The molecule has 6 heteroatoms. The summed E-state index contributed by atoms with van der Waals surface area (Å²) in [4.78, 5) is 25.1. The smallest absolute Gasteiger partial charge is 0.338 e. The molecule has 2 saturated carbocycles. The van der Waals surface area contributed by atoms with Crippen LogP contribution in [0.3, 0.4) is 0 Å². The minimum absolute atomic E-state index is 0.0370. The quantitative estimate of drug-likeness (QED) is 0.578. The molecular weight excluding hydrogens is 336 g/mol. The van der Waals surface area contributed by atoms with Crippen molar-refractivity contribution in [3.63, 3.8) is 0 Å². The molecule has 2 aliphatic carbocycles. The Hall–Kier alpha value is -1.14. The van der Waals surface area contributed by atoms with E-state index in [2.05, 4.69) is 0 Å². The van der Waals surface area contributed by atoms with Crippen LogP contribution in [-0.4, -0.2) is 49.6 Å². The Bertz CT molecular complexity index is 386. The fraction of sp³-hybridized carbons (Fsp3) is 0.900. The van der Waals surface area contributed by atoms with Gasteiger partial charge in [0.05, 0.1) is 25.4 Å². The van der Waals surface area contributed by atoms with Gasteiger partial charge in [-0.2, -0.15) is 0 Å². The normalized spacial score (nSPS) is 21.8. The van der Waals surface area contributed by atoms with E-state index in [0.29, 0.717) is 0 Å². The molecule has 0 aromatic rings. The number of ether oxygens (including phenoxy) is 4. The molecule has 0 N–H and O–H groups in total. The van der Waals surface area contributed by atoms with E-state index in [4.69, 9.17) is 18.9 Å². The summed E-state index contributed by atoms with van der Waals surface area (Å²) in [6.07, 6.45) is 8.08. The molecule has 0 amide bonds. The van der Waals surface area contributed by atoms with Gasteiger partial charge in [-0.25, -0.2) is 9.59 Å². The SMILES string of the molecule is CCOC(=O)C(OC1CCCCC1)C(OC1CCCCC1)C(=O)OCC. The molecule has 150 valence electrons. The molecule has 0 aromatic carbocycles. The molecule has 0 aliphatic heterocycles. The van der Waals surface area contributed by atoms with Crippen LogP contribution in [0.2, 0.25) is 0 Å². The fourth-order valence-electron chi connectivity index (χ4n) is 3.77. The van der Waals surface area contributed by atoms with Gasteiger partial charge >= 0.3 is 11.9 Å². The molecule has 2 atom stereocenters. The molecule has 6 nitrogen and oxygen atoms in total. The van der Waals surface area contributed by atoms with Crippen LogP contribution in [0.1, 0.15) is 78.1 Å². The highest BCUT2D eigenvalue weighted by molar-refractivity contribution is 5.85. The third-order valence-electron chi connectivity index (χ3n) is 5.10. The maximum atomic E-state index is 12.6. The average molecular weight is 370 g/mol. The minimum Gasteiger partial charge on any atom is -0.464 e. The Kier molecular flexibility index (Phi) is 9.40. The first-order chi connectivity index (χ1) is 12.7. The zero-order chi connectivity index (χ0) is 18.8. The molecule has 2 fully saturated rings. The molecule has 0 heterocycles. The van der Waals surface area contributed by atoms with Crippen molar-refractivity contribution in [2.75, 3.05) is 13.2 Å². The van der Waals surface area contributed by atoms with Crippen LogP contribution < -0.4 is 0 Å². The lowest BCUT2D eigenvalue weighted by molar-refractivity contribution is -0.196. The summed E-state index contributed by atoms with van der Waals surface area (Å²) < 4.78 is 22.5. The lowest BCUT2D eigenvalue weighted by atomic mass is 9.96. The van der Waals surface area contributed by atoms with Gasteiger partial charge in [-0.15, -0.1) is 0 Å². The molecule has 2 rings (SSSR count). The van der Waals surface area contributed by atoms with Crippen LogP contribution in [0.25, 0.3) is 0 Å². The van der Waals surface area contributed by atoms with Gasteiger partial charge in [-0.1, -0.05) is 38.5 Å². The number of hydrogen-bond donors (Lipinski definition) is 0. The van der Waals surface area contributed by atoms with Crippen LogP contribution in [-0.2, 0) is 28.5 Å². The Morgan fingerprint density at radius 1 is 0.692 bits per heavy atom. The van der Waals surface area contributed by atoms with Gasteiger partial charge < -0.3 is 18.9 Å². The summed E-state index contributed by atoms with van der Waals surface area (Å²) in [6, 6.07) is 0. The van der Waals surface area contributed by atoms with Gasteiger partial charge in [0.1, 0.15) is 0 Å². The van der Waals surface area contributed by atoms with Crippen molar-refractivity contribution in [3.05, 3.63) is 0 Å². The first-order valence-electron chi connectivity index (χ1n) is 10.3. The van der Waals surface area contributed by atoms with Crippen molar-refractivity contribution in [2.45, 2.75) is 102 Å². The summed E-state index contributed by atoms with van der Waals surface area (Å²) in [7, 11) is 0. The van der Waals surface area contributed by atoms with Gasteiger partial charge in [0.25, 0.3) is 0 Å². The molecular formula is C20H34O6.